The van der Waals surface area contributed by atoms with Gasteiger partial charge in [-0.15, -0.1) is 0 Å². The van der Waals surface area contributed by atoms with Crippen molar-refractivity contribution in [3.63, 3.8) is 0 Å². The van der Waals surface area contributed by atoms with E-state index in [9.17, 15) is 4.79 Å². The van der Waals surface area contributed by atoms with Crippen LogP contribution in [0, 0.1) is 0 Å². The predicted molar refractivity (Wildman–Crippen MR) is 77.6 cm³/mol. The van der Waals surface area contributed by atoms with Gasteiger partial charge in [0.25, 0.3) is 5.91 Å². The van der Waals surface area contributed by atoms with E-state index in [4.69, 9.17) is 27.4 Å². The number of aromatic nitrogens is 1. The summed E-state index contributed by atoms with van der Waals surface area (Å²) in [5.74, 6) is -0.152. The molecule has 2 rings (SSSR count). The van der Waals surface area contributed by atoms with Gasteiger partial charge < -0.3 is 20.1 Å². The Kier molecular flexibility index (Phi) is 4.64. The smallest absolute Gasteiger partial charge is 0.272 e. The predicted octanol–water partition coefficient (Wildman–Crippen LogP) is 0.202. The summed E-state index contributed by atoms with van der Waals surface area (Å²) in [7, 11) is 3.22. The number of carbonyl (C=O) groups is 1. The van der Waals surface area contributed by atoms with E-state index in [0.29, 0.717) is 24.3 Å². The Balaban J connectivity index is 2.10. The maximum atomic E-state index is 12.3. The van der Waals surface area contributed by atoms with E-state index in [1.54, 1.807) is 31.3 Å². The lowest BCUT2D eigenvalue weighted by atomic mass is 10.2. The maximum absolute atomic E-state index is 12.3. The van der Waals surface area contributed by atoms with Crippen LogP contribution in [0.4, 0.5) is 0 Å². The van der Waals surface area contributed by atoms with Crippen LogP contribution < -0.4 is 5.73 Å². The molecule has 20 heavy (non-hydrogen) atoms. The molecule has 2 unspecified atom stereocenters. The minimum atomic E-state index is -0.152. The molecule has 1 aromatic heterocycles. The van der Waals surface area contributed by atoms with Crippen LogP contribution in [0.25, 0.3) is 0 Å². The molecule has 6 nitrogen and oxygen atoms in total. The summed E-state index contributed by atoms with van der Waals surface area (Å²) < 4.78 is 10.6. The number of hydrogen-bond acceptors (Lipinski definition) is 5. The second-order valence-electron chi connectivity index (χ2n) is 4.55. The van der Waals surface area contributed by atoms with E-state index < -0.39 is 0 Å². The number of nitrogens with zero attached hydrogens (tertiary/aromatic N) is 2. The SMILES string of the molecule is COC1CN(C(=O)c2ccc(C(N)=S)cn2)CC1OC. The molecule has 0 aromatic carbocycles. The first-order valence-electron chi connectivity index (χ1n) is 6.17. The fourth-order valence-corrected chi connectivity index (χ4v) is 2.31. The Morgan fingerprint density at radius 1 is 1.35 bits per heavy atom. The molecule has 1 amide bonds. The zero-order chi connectivity index (χ0) is 14.7. The highest BCUT2D eigenvalue weighted by Crippen LogP contribution is 2.17. The lowest BCUT2D eigenvalue weighted by Crippen LogP contribution is -2.30. The van der Waals surface area contributed by atoms with E-state index >= 15 is 0 Å². The number of amides is 1. The zero-order valence-electron chi connectivity index (χ0n) is 11.4. The highest BCUT2D eigenvalue weighted by atomic mass is 32.1. The van der Waals surface area contributed by atoms with Gasteiger partial charge in [0, 0.05) is 39.1 Å². The summed E-state index contributed by atoms with van der Waals surface area (Å²) in [5, 5.41) is 0. The van der Waals surface area contributed by atoms with Crippen LogP contribution in [0.3, 0.4) is 0 Å². The number of thiocarbonyl (C=S) groups is 1. The van der Waals surface area contributed by atoms with Crippen molar-refractivity contribution >= 4 is 23.1 Å². The van der Waals surface area contributed by atoms with E-state index in [2.05, 4.69) is 4.98 Å². The molecule has 1 fully saturated rings. The van der Waals surface area contributed by atoms with Gasteiger partial charge in [0.05, 0.1) is 0 Å². The highest BCUT2D eigenvalue weighted by molar-refractivity contribution is 7.80. The molecule has 2 atom stereocenters. The molecule has 1 aliphatic rings. The largest absolute Gasteiger partial charge is 0.389 e. The van der Waals surface area contributed by atoms with Gasteiger partial charge in [0.1, 0.15) is 22.9 Å². The molecular weight excluding hydrogens is 278 g/mol. The standard InChI is InChI=1S/C13H17N3O3S/c1-18-10-6-16(7-11(10)19-2)13(17)9-4-3-8(5-15-9)12(14)20/h3-5,10-11H,6-7H2,1-2H3,(H2,14,20). The molecule has 1 aromatic rings. The molecule has 7 heteroatoms. The van der Waals surface area contributed by atoms with Crippen molar-refractivity contribution in [3.05, 3.63) is 29.6 Å². The monoisotopic (exact) mass is 295 g/mol. The lowest BCUT2D eigenvalue weighted by Gasteiger charge is -2.15. The van der Waals surface area contributed by atoms with Gasteiger partial charge in [0.15, 0.2) is 0 Å². The average Bonchev–Trinajstić information content (AvgIpc) is 2.89. The van der Waals surface area contributed by atoms with Crippen molar-refractivity contribution < 1.29 is 14.3 Å². The summed E-state index contributed by atoms with van der Waals surface area (Å²) in [6.45, 7) is 0.985. The van der Waals surface area contributed by atoms with Crippen LogP contribution in [0.15, 0.2) is 18.3 Å². The molecule has 1 saturated heterocycles. The molecule has 0 bridgehead atoms. The minimum Gasteiger partial charge on any atom is -0.389 e. The summed E-state index contributed by atoms with van der Waals surface area (Å²) in [4.78, 5) is 18.4. The van der Waals surface area contributed by atoms with Gasteiger partial charge in [-0.3, -0.25) is 9.78 Å². The molecule has 0 aliphatic carbocycles. The normalized spacial score (nSPS) is 22.0. The molecule has 2 N–H and O–H groups in total. The third-order valence-electron chi connectivity index (χ3n) is 3.38. The maximum Gasteiger partial charge on any atom is 0.272 e. The fraction of sp³-hybridized carbons (Fsp3) is 0.462. The van der Waals surface area contributed by atoms with Gasteiger partial charge >= 0.3 is 0 Å². The van der Waals surface area contributed by atoms with Gasteiger partial charge in [0.2, 0.25) is 0 Å². The summed E-state index contributed by atoms with van der Waals surface area (Å²) >= 11 is 4.85. The number of hydrogen-bond donors (Lipinski definition) is 1. The van der Waals surface area contributed by atoms with Gasteiger partial charge in [-0.25, -0.2) is 0 Å². The number of rotatable bonds is 4. The number of carbonyl (C=O) groups excluding carboxylic acids is 1. The van der Waals surface area contributed by atoms with Crippen LogP contribution in [-0.4, -0.2) is 60.3 Å². The average molecular weight is 295 g/mol. The van der Waals surface area contributed by atoms with E-state index in [0.717, 1.165) is 0 Å². The number of ether oxygens (including phenoxy) is 2. The summed E-state index contributed by atoms with van der Waals surface area (Å²) in [5.41, 5.74) is 6.50. The van der Waals surface area contributed by atoms with Crippen molar-refractivity contribution in [2.45, 2.75) is 12.2 Å². The number of nitrogens with two attached hydrogens (primary N) is 1. The Morgan fingerprint density at radius 2 is 1.95 bits per heavy atom. The molecule has 0 saturated carbocycles. The minimum absolute atomic E-state index is 0.111. The van der Waals surface area contributed by atoms with Gasteiger partial charge in [-0.1, -0.05) is 12.2 Å². The topological polar surface area (TPSA) is 77.7 Å². The first-order chi connectivity index (χ1) is 9.56. The van der Waals surface area contributed by atoms with E-state index in [1.165, 1.54) is 6.20 Å². The van der Waals surface area contributed by atoms with Crippen molar-refractivity contribution in [2.75, 3.05) is 27.3 Å². The molecule has 108 valence electrons. The quantitative estimate of drug-likeness (QED) is 0.800. The first-order valence-corrected chi connectivity index (χ1v) is 6.58. The van der Waals surface area contributed by atoms with Crippen LogP contribution in [-0.2, 0) is 9.47 Å². The highest BCUT2D eigenvalue weighted by Gasteiger charge is 2.36. The number of pyridine rings is 1. The van der Waals surface area contributed by atoms with Gasteiger partial charge in [-0.2, -0.15) is 0 Å². The second-order valence-corrected chi connectivity index (χ2v) is 4.99. The fourth-order valence-electron chi connectivity index (χ4n) is 2.19. The van der Waals surface area contributed by atoms with Crippen molar-refractivity contribution in [2.24, 2.45) is 5.73 Å². The lowest BCUT2D eigenvalue weighted by molar-refractivity contribution is -0.00461. The van der Waals surface area contributed by atoms with Gasteiger partial charge in [-0.05, 0) is 12.1 Å². The Hall–Kier alpha value is -1.57. The third kappa shape index (κ3) is 2.95. The molecular formula is C13H17N3O3S. The summed E-state index contributed by atoms with van der Waals surface area (Å²) in [6, 6.07) is 3.32. The van der Waals surface area contributed by atoms with Crippen molar-refractivity contribution in [1.29, 1.82) is 0 Å². The van der Waals surface area contributed by atoms with Crippen LogP contribution in [0.2, 0.25) is 0 Å². The number of likely N-dealkylation sites (tertiary alicyclic amines) is 1. The van der Waals surface area contributed by atoms with Crippen LogP contribution in [0.5, 0.6) is 0 Å². The summed E-state index contributed by atoms with van der Waals surface area (Å²) in [6.07, 6.45) is 1.28. The van der Waals surface area contributed by atoms with E-state index in [1.807, 2.05) is 0 Å². The van der Waals surface area contributed by atoms with Crippen molar-refractivity contribution in [1.82, 2.24) is 9.88 Å². The third-order valence-corrected chi connectivity index (χ3v) is 3.61. The van der Waals surface area contributed by atoms with Crippen LogP contribution >= 0.6 is 12.2 Å². The van der Waals surface area contributed by atoms with Crippen molar-refractivity contribution in [3.8, 4) is 0 Å². The molecule has 2 heterocycles. The Bertz CT molecular complexity index is 494. The second kappa shape index (κ2) is 6.25. The van der Waals surface area contributed by atoms with Crippen LogP contribution in [0.1, 0.15) is 16.1 Å². The Morgan fingerprint density at radius 3 is 2.35 bits per heavy atom. The van der Waals surface area contributed by atoms with E-state index in [-0.39, 0.29) is 23.1 Å². The Labute approximate surface area is 122 Å². The zero-order valence-corrected chi connectivity index (χ0v) is 12.2. The molecule has 0 spiro atoms. The number of methoxy groups -OCH3 is 2. The molecule has 1 aliphatic heterocycles. The first kappa shape index (κ1) is 14.8. The molecule has 0 radical (unpaired) electrons.